The molecule has 1 aliphatic rings. The molecule has 0 saturated heterocycles. The monoisotopic (exact) mass is 216 g/mol. The highest BCUT2D eigenvalue weighted by Crippen LogP contribution is 2.58. The van der Waals surface area contributed by atoms with E-state index in [1.807, 2.05) is 0 Å². The molecule has 1 aromatic heterocycles. The van der Waals surface area contributed by atoms with Crippen molar-refractivity contribution >= 4 is 15.9 Å². The van der Waals surface area contributed by atoms with Gasteiger partial charge in [-0.15, -0.1) is 10.2 Å². The summed E-state index contributed by atoms with van der Waals surface area (Å²) in [5.41, 5.74) is 0.367. The van der Waals surface area contributed by atoms with Crippen LogP contribution in [0.4, 0.5) is 0 Å². The molecule has 60 valence electrons. The van der Waals surface area contributed by atoms with Crippen molar-refractivity contribution in [3.8, 4) is 0 Å². The third-order valence-electron chi connectivity index (χ3n) is 2.23. The maximum Gasteiger partial charge on any atom is 0.284 e. The molecule has 11 heavy (non-hydrogen) atoms. The third-order valence-corrected chi connectivity index (χ3v) is 2.55. The molecular formula is C7H9BrN2O. The van der Waals surface area contributed by atoms with Gasteiger partial charge in [0.1, 0.15) is 0 Å². The number of hydrogen-bond acceptors (Lipinski definition) is 3. The lowest BCUT2D eigenvalue weighted by molar-refractivity contribution is 0.450. The molecule has 0 N–H and O–H groups in total. The van der Waals surface area contributed by atoms with E-state index >= 15 is 0 Å². The fourth-order valence-corrected chi connectivity index (χ4v) is 1.49. The van der Waals surface area contributed by atoms with Gasteiger partial charge in [0.15, 0.2) is 0 Å². The number of nitrogens with zero attached hydrogens (tertiary/aromatic N) is 2. The van der Waals surface area contributed by atoms with Gasteiger partial charge < -0.3 is 4.42 Å². The molecule has 1 fully saturated rings. The first-order chi connectivity index (χ1) is 5.09. The number of hydrogen-bond donors (Lipinski definition) is 0. The molecule has 0 radical (unpaired) electrons. The first-order valence-electron chi connectivity index (χ1n) is 3.58. The first kappa shape index (κ1) is 7.28. The van der Waals surface area contributed by atoms with E-state index in [0.29, 0.717) is 16.1 Å². The molecule has 3 nitrogen and oxygen atoms in total. The summed E-state index contributed by atoms with van der Waals surface area (Å²) >= 11 is 3.13. The molecular weight excluding hydrogens is 208 g/mol. The lowest BCUT2D eigenvalue weighted by Gasteiger charge is -1.95. The first-order valence-corrected chi connectivity index (χ1v) is 4.38. The lowest BCUT2D eigenvalue weighted by Crippen LogP contribution is -1.89. The van der Waals surface area contributed by atoms with Gasteiger partial charge in [0.05, 0.1) is 0 Å². The van der Waals surface area contributed by atoms with Crippen LogP contribution in [0.25, 0.3) is 0 Å². The van der Waals surface area contributed by atoms with Crippen LogP contribution in [0.3, 0.4) is 0 Å². The zero-order chi connectivity index (χ0) is 8.06. The smallest absolute Gasteiger partial charge is 0.284 e. The van der Waals surface area contributed by atoms with Gasteiger partial charge in [-0.2, -0.15) is 0 Å². The Morgan fingerprint density at radius 3 is 2.55 bits per heavy atom. The molecule has 0 aromatic carbocycles. The van der Waals surface area contributed by atoms with Crippen LogP contribution in [-0.2, 0) is 0 Å². The SMILES string of the molecule is CC1(C)CC1c1nnc(Br)o1. The van der Waals surface area contributed by atoms with Crippen LogP contribution in [0.2, 0.25) is 0 Å². The van der Waals surface area contributed by atoms with Crippen molar-refractivity contribution in [1.29, 1.82) is 0 Å². The van der Waals surface area contributed by atoms with Crippen LogP contribution in [0.5, 0.6) is 0 Å². The van der Waals surface area contributed by atoms with Crippen LogP contribution >= 0.6 is 15.9 Å². The van der Waals surface area contributed by atoms with E-state index in [1.54, 1.807) is 0 Å². The van der Waals surface area contributed by atoms with Crippen molar-refractivity contribution in [1.82, 2.24) is 10.2 Å². The van der Waals surface area contributed by atoms with E-state index in [-0.39, 0.29) is 0 Å². The summed E-state index contributed by atoms with van der Waals surface area (Å²) in [6.45, 7) is 4.41. The molecule has 4 heteroatoms. The molecule has 1 heterocycles. The Balaban J connectivity index is 2.20. The minimum absolute atomic E-state index is 0.367. The maximum atomic E-state index is 5.24. The second kappa shape index (κ2) is 2.06. The lowest BCUT2D eigenvalue weighted by atomic mass is 10.1. The molecule has 0 aliphatic heterocycles. The molecule has 1 aliphatic carbocycles. The second-order valence-electron chi connectivity index (χ2n) is 3.64. The largest absolute Gasteiger partial charge is 0.415 e. The Kier molecular flexibility index (Phi) is 1.36. The molecule has 0 amide bonds. The maximum absolute atomic E-state index is 5.24. The van der Waals surface area contributed by atoms with Crippen molar-refractivity contribution < 1.29 is 4.42 Å². The van der Waals surface area contributed by atoms with E-state index in [4.69, 9.17) is 4.42 Å². The molecule has 1 atom stereocenters. The molecule has 2 rings (SSSR count). The predicted molar refractivity (Wildman–Crippen MR) is 43.1 cm³/mol. The van der Waals surface area contributed by atoms with Crippen LogP contribution in [0.15, 0.2) is 9.22 Å². The van der Waals surface area contributed by atoms with Crippen molar-refractivity contribution in [2.75, 3.05) is 0 Å². The summed E-state index contributed by atoms with van der Waals surface area (Å²) in [5.74, 6) is 1.24. The fourth-order valence-electron chi connectivity index (χ4n) is 1.25. The van der Waals surface area contributed by atoms with Gasteiger partial charge in [-0.05, 0) is 11.8 Å². The minimum Gasteiger partial charge on any atom is -0.415 e. The summed E-state index contributed by atoms with van der Waals surface area (Å²) < 4.78 is 5.24. The van der Waals surface area contributed by atoms with Crippen LogP contribution in [0.1, 0.15) is 32.1 Å². The Labute approximate surface area is 73.3 Å². The summed E-state index contributed by atoms with van der Waals surface area (Å²) in [6.07, 6.45) is 1.15. The number of aromatic nitrogens is 2. The molecule has 1 unspecified atom stereocenters. The minimum atomic E-state index is 0.367. The quantitative estimate of drug-likeness (QED) is 0.724. The highest BCUT2D eigenvalue weighted by atomic mass is 79.9. The number of halogens is 1. The Hall–Kier alpha value is -0.380. The van der Waals surface area contributed by atoms with Crippen molar-refractivity contribution in [3.05, 3.63) is 10.7 Å². The van der Waals surface area contributed by atoms with Crippen LogP contribution in [0, 0.1) is 5.41 Å². The van der Waals surface area contributed by atoms with E-state index in [2.05, 4.69) is 40.0 Å². The molecule has 1 saturated carbocycles. The normalized spacial score (nSPS) is 27.0. The van der Waals surface area contributed by atoms with Crippen molar-refractivity contribution in [3.63, 3.8) is 0 Å². The van der Waals surface area contributed by atoms with Gasteiger partial charge in [-0.1, -0.05) is 13.8 Å². The van der Waals surface area contributed by atoms with Crippen molar-refractivity contribution in [2.45, 2.75) is 26.2 Å². The fraction of sp³-hybridized carbons (Fsp3) is 0.714. The summed E-state index contributed by atoms with van der Waals surface area (Å²) in [4.78, 5) is 0.482. The molecule has 0 bridgehead atoms. The van der Waals surface area contributed by atoms with Crippen molar-refractivity contribution in [2.24, 2.45) is 5.41 Å². The molecule has 1 aromatic rings. The van der Waals surface area contributed by atoms with E-state index < -0.39 is 0 Å². The van der Waals surface area contributed by atoms with Gasteiger partial charge in [-0.3, -0.25) is 0 Å². The molecule has 0 spiro atoms. The average molecular weight is 217 g/mol. The van der Waals surface area contributed by atoms with Gasteiger partial charge >= 0.3 is 0 Å². The van der Waals surface area contributed by atoms with Gasteiger partial charge in [0, 0.05) is 21.8 Å². The van der Waals surface area contributed by atoms with E-state index in [0.717, 1.165) is 12.3 Å². The zero-order valence-electron chi connectivity index (χ0n) is 6.47. The predicted octanol–water partition coefficient (Wildman–Crippen LogP) is 2.35. The summed E-state index contributed by atoms with van der Waals surface area (Å²) in [7, 11) is 0. The average Bonchev–Trinajstić information content (AvgIpc) is 2.39. The highest BCUT2D eigenvalue weighted by molar-refractivity contribution is 9.10. The third kappa shape index (κ3) is 1.20. The Morgan fingerprint density at radius 1 is 1.55 bits per heavy atom. The Morgan fingerprint density at radius 2 is 2.18 bits per heavy atom. The van der Waals surface area contributed by atoms with E-state index in [9.17, 15) is 0 Å². The van der Waals surface area contributed by atoms with Gasteiger partial charge in [-0.25, -0.2) is 0 Å². The van der Waals surface area contributed by atoms with Gasteiger partial charge in [0.25, 0.3) is 4.80 Å². The standard InChI is InChI=1S/C7H9BrN2O/c1-7(2)3-4(7)5-9-10-6(8)11-5/h4H,3H2,1-2H3. The number of rotatable bonds is 1. The summed E-state index contributed by atoms with van der Waals surface area (Å²) in [6, 6.07) is 0. The van der Waals surface area contributed by atoms with E-state index in [1.165, 1.54) is 0 Å². The highest BCUT2D eigenvalue weighted by Gasteiger charge is 2.50. The second-order valence-corrected chi connectivity index (χ2v) is 4.32. The van der Waals surface area contributed by atoms with Gasteiger partial charge in [0.2, 0.25) is 5.89 Å². The Bertz CT molecular complexity index is 282. The zero-order valence-corrected chi connectivity index (χ0v) is 8.05. The summed E-state index contributed by atoms with van der Waals surface area (Å²) in [5, 5.41) is 7.65. The van der Waals surface area contributed by atoms with Crippen LogP contribution in [-0.4, -0.2) is 10.2 Å². The topological polar surface area (TPSA) is 38.9 Å². The van der Waals surface area contributed by atoms with Crippen LogP contribution < -0.4 is 0 Å².